The van der Waals surface area contributed by atoms with Crippen LogP contribution in [0.5, 0.6) is 0 Å². The molecule has 0 aliphatic heterocycles. The standard InChI is InChI=1S/C11H11ClF3NO/c1-16(2)10(17)9(12)7-5-3-4-6-8(7)11(13,14)15/h3-6,9H,1-2H3. The van der Waals surface area contributed by atoms with Gasteiger partial charge in [-0.1, -0.05) is 18.2 Å². The molecule has 94 valence electrons. The zero-order valence-corrected chi connectivity index (χ0v) is 10.0. The Bertz CT molecular complexity index is 417. The second-order valence-corrected chi connectivity index (χ2v) is 4.12. The lowest BCUT2D eigenvalue weighted by Gasteiger charge is -2.19. The fourth-order valence-corrected chi connectivity index (χ4v) is 1.72. The Kier molecular flexibility index (Phi) is 4.03. The monoisotopic (exact) mass is 265 g/mol. The van der Waals surface area contributed by atoms with Crippen LogP contribution in [0.3, 0.4) is 0 Å². The van der Waals surface area contributed by atoms with Gasteiger partial charge in [0.15, 0.2) is 0 Å². The first-order valence-electron chi connectivity index (χ1n) is 4.76. The minimum atomic E-state index is -4.52. The van der Waals surface area contributed by atoms with Gasteiger partial charge in [0.1, 0.15) is 5.38 Å². The lowest BCUT2D eigenvalue weighted by atomic mass is 10.0. The van der Waals surface area contributed by atoms with Gasteiger partial charge in [-0.05, 0) is 11.6 Å². The molecule has 17 heavy (non-hydrogen) atoms. The molecule has 0 aliphatic rings. The fraction of sp³-hybridized carbons (Fsp3) is 0.364. The Balaban J connectivity index is 3.19. The van der Waals surface area contributed by atoms with Crippen molar-refractivity contribution in [2.75, 3.05) is 14.1 Å². The molecule has 0 saturated carbocycles. The summed E-state index contributed by atoms with van der Waals surface area (Å²) in [6.45, 7) is 0. The number of nitrogens with zero attached hydrogens (tertiary/aromatic N) is 1. The van der Waals surface area contributed by atoms with Gasteiger partial charge in [0.05, 0.1) is 5.56 Å². The number of rotatable bonds is 2. The third kappa shape index (κ3) is 3.12. The SMILES string of the molecule is CN(C)C(=O)C(Cl)c1ccccc1C(F)(F)F. The maximum atomic E-state index is 12.7. The van der Waals surface area contributed by atoms with E-state index < -0.39 is 23.0 Å². The largest absolute Gasteiger partial charge is 0.416 e. The zero-order valence-electron chi connectivity index (χ0n) is 9.25. The van der Waals surface area contributed by atoms with E-state index in [2.05, 4.69) is 0 Å². The van der Waals surface area contributed by atoms with E-state index >= 15 is 0 Å². The Morgan fingerprint density at radius 1 is 1.29 bits per heavy atom. The van der Waals surface area contributed by atoms with Crippen LogP contribution >= 0.6 is 11.6 Å². The van der Waals surface area contributed by atoms with Crippen LogP contribution in [-0.2, 0) is 11.0 Å². The molecule has 0 N–H and O–H groups in total. The van der Waals surface area contributed by atoms with Crippen LogP contribution in [0.15, 0.2) is 24.3 Å². The lowest BCUT2D eigenvalue weighted by Crippen LogP contribution is -2.27. The smallest absolute Gasteiger partial charge is 0.347 e. The molecular formula is C11H11ClF3NO. The molecule has 0 aromatic heterocycles. The molecule has 2 nitrogen and oxygen atoms in total. The summed E-state index contributed by atoms with van der Waals surface area (Å²) in [5.74, 6) is -0.580. The highest BCUT2D eigenvalue weighted by molar-refractivity contribution is 6.30. The van der Waals surface area contributed by atoms with Gasteiger partial charge in [-0.15, -0.1) is 11.6 Å². The normalized spacial score (nSPS) is 13.3. The average Bonchev–Trinajstić information content (AvgIpc) is 2.25. The number of amides is 1. The molecular weight excluding hydrogens is 255 g/mol. The lowest BCUT2D eigenvalue weighted by molar-refractivity contribution is -0.138. The van der Waals surface area contributed by atoms with Gasteiger partial charge < -0.3 is 4.90 Å². The number of halogens is 4. The molecule has 0 spiro atoms. The van der Waals surface area contributed by atoms with Crippen molar-refractivity contribution in [3.63, 3.8) is 0 Å². The second-order valence-electron chi connectivity index (χ2n) is 3.68. The van der Waals surface area contributed by atoms with Crippen LogP contribution in [-0.4, -0.2) is 24.9 Å². The van der Waals surface area contributed by atoms with E-state index in [1.165, 1.54) is 32.3 Å². The van der Waals surface area contributed by atoms with Crippen LogP contribution in [0.25, 0.3) is 0 Å². The third-order valence-corrected chi connectivity index (χ3v) is 2.62. The van der Waals surface area contributed by atoms with Crippen molar-refractivity contribution in [1.82, 2.24) is 4.90 Å². The van der Waals surface area contributed by atoms with E-state index in [1.54, 1.807) is 0 Å². The minimum absolute atomic E-state index is 0.222. The fourth-order valence-electron chi connectivity index (χ4n) is 1.34. The van der Waals surface area contributed by atoms with E-state index in [9.17, 15) is 18.0 Å². The van der Waals surface area contributed by atoms with Gasteiger partial charge >= 0.3 is 6.18 Å². The molecule has 0 radical (unpaired) electrons. The first-order valence-corrected chi connectivity index (χ1v) is 5.20. The predicted molar refractivity (Wildman–Crippen MR) is 58.7 cm³/mol. The Labute approximate surface area is 102 Å². The van der Waals surface area contributed by atoms with Crippen LogP contribution < -0.4 is 0 Å². The van der Waals surface area contributed by atoms with Crippen LogP contribution in [0.2, 0.25) is 0 Å². The van der Waals surface area contributed by atoms with Crippen LogP contribution in [0, 0.1) is 0 Å². The summed E-state index contributed by atoms with van der Waals surface area (Å²) in [6.07, 6.45) is -4.52. The van der Waals surface area contributed by atoms with Crippen molar-refractivity contribution >= 4 is 17.5 Å². The second kappa shape index (κ2) is 4.96. The summed E-state index contributed by atoms with van der Waals surface area (Å²) < 4.78 is 38.1. The number of hydrogen-bond acceptors (Lipinski definition) is 1. The number of hydrogen-bond donors (Lipinski definition) is 0. The van der Waals surface area contributed by atoms with Crippen molar-refractivity contribution in [2.24, 2.45) is 0 Å². The van der Waals surface area contributed by atoms with E-state index in [0.29, 0.717) is 0 Å². The molecule has 1 unspecified atom stereocenters. The summed E-state index contributed by atoms with van der Waals surface area (Å²) in [7, 11) is 2.88. The van der Waals surface area contributed by atoms with E-state index in [1.807, 2.05) is 0 Å². The van der Waals surface area contributed by atoms with Gasteiger partial charge in [0, 0.05) is 14.1 Å². The summed E-state index contributed by atoms with van der Waals surface area (Å²) in [5, 5.41) is -1.33. The van der Waals surface area contributed by atoms with Crippen molar-refractivity contribution in [2.45, 2.75) is 11.6 Å². The van der Waals surface area contributed by atoms with Crippen LogP contribution in [0.4, 0.5) is 13.2 Å². The molecule has 6 heteroatoms. The Morgan fingerprint density at radius 3 is 2.29 bits per heavy atom. The summed E-state index contributed by atoms with van der Waals surface area (Å²) in [5.41, 5.74) is -1.10. The highest BCUT2D eigenvalue weighted by atomic mass is 35.5. The Morgan fingerprint density at radius 2 is 1.82 bits per heavy atom. The zero-order chi connectivity index (χ0) is 13.2. The van der Waals surface area contributed by atoms with Crippen molar-refractivity contribution in [1.29, 1.82) is 0 Å². The minimum Gasteiger partial charge on any atom is -0.347 e. The number of likely N-dealkylation sites (N-methyl/N-ethyl adjacent to an activating group) is 1. The topological polar surface area (TPSA) is 20.3 Å². The molecule has 1 rings (SSSR count). The number of alkyl halides is 4. The van der Waals surface area contributed by atoms with Gasteiger partial charge in [0.2, 0.25) is 5.91 Å². The molecule has 1 amide bonds. The molecule has 1 atom stereocenters. The van der Waals surface area contributed by atoms with Crippen molar-refractivity contribution in [3.8, 4) is 0 Å². The summed E-state index contributed by atoms with van der Waals surface area (Å²) in [4.78, 5) is 12.7. The maximum Gasteiger partial charge on any atom is 0.416 e. The number of carbonyl (C=O) groups is 1. The van der Waals surface area contributed by atoms with Gasteiger partial charge in [-0.25, -0.2) is 0 Å². The average molecular weight is 266 g/mol. The van der Waals surface area contributed by atoms with Gasteiger partial charge in [-0.2, -0.15) is 13.2 Å². The van der Waals surface area contributed by atoms with E-state index in [-0.39, 0.29) is 5.56 Å². The molecule has 0 bridgehead atoms. The molecule has 1 aromatic rings. The first kappa shape index (κ1) is 13.8. The molecule has 0 saturated heterocycles. The van der Waals surface area contributed by atoms with Crippen molar-refractivity contribution in [3.05, 3.63) is 35.4 Å². The van der Waals surface area contributed by atoms with Crippen LogP contribution in [0.1, 0.15) is 16.5 Å². The number of benzene rings is 1. The summed E-state index contributed by atoms with van der Waals surface area (Å²) >= 11 is 5.77. The van der Waals surface area contributed by atoms with Gasteiger partial charge in [0.25, 0.3) is 0 Å². The van der Waals surface area contributed by atoms with Gasteiger partial charge in [-0.3, -0.25) is 4.79 Å². The molecule has 0 heterocycles. The summed E-state index contributed by atoms with van der Waals surface area (Å²) in [6, 6.07) is 4.80. The molecule has 0 fully saturated rings. The first-order chi connectivity index (χ1) is 7.75. The highest BCUT2D eigenvalue weighted by Gasteiger charge is 2.36. The third-order valence-electron chi connectivity index (χ3n) is 2.20. The number of carbonyl (C=O) groups excluding carboxylic acids is 1. The molecule has 0 aliphatic carbocycles. The predicted octanol–water partition coefficient (Wildman–Crippen LogP) is 3.07. The quantitative estimate of drug-likeness (QED) is 0.753. The maximum absolute atomic E-state index is 12.7. The molecule has 1 aromatic carbocycles. The van der Waals surface area contributed by atoms with E-state index in [0.717, 1.165) is 11.0 Å². The van der Waals surface area contributed by atoms with E-state index in [4.69, 9.17) is 11.6 Å². The highest BCUT2D eigenvalue weighted by Crippen LogP contribution is 2.36. The van der Waals surface area contributed by atoms with Crippen molar-refractivity contribution < 1.29 is 18.0 Å². The Hall–Kier alpha value is -1.23.